The fourth-order valence-electron chi connectivity index (χ4n) is 2.43. The molecule has 138 valence electrons. The van der Waals surface area contributed by atoms with E-state index in [9.17, 15) is 4.39 Å². The van der Waals surface area contributed by atoms with Crippen molar-refractivity contribution in [1.29, 1.82) is 0 Å². The highest BCUT2D eigenvalue weighted by molar-refractivity contribution is 6.32. The van der Waals surface area contributed by atoms with E-state index in [0.29, 0.717) is 54.8 Å². The van der Waals surface area contributed by atoms with Crippen molar-refractivity contribution in [1.82, 2.24) is 5.32 Å². The molecule has 0 atom stereocenters. The normalized spacial score (nSPS) is 10.2. The molecule has 25 heavy (non-hydrogen) atoms. The molecule has 6 heteroatoms. The molecular weight excluding hydrogens is 364 g/mol. The van der Waals surface area contributed by atoms with Crippen molar-refractivity contribution in [3.63, 3.8) is 0 Å². The Morgan fingerprint density at radius 1 is 1.08 bits per heavy atom. The summed E-state index contributed by atoms with van der Waals surface area (Å²) in [5, 5.41) is 3.84. The summed E-state index contributed by atoms with van der Waals surface area (Å²) >= 11 is 6.30. The predicted molar refractivity (Wildman–Crippen MR) is 103 cm³/mol. The number of rotatable bonds is 9. The number of hydrogen-bond donors (Lipinski definition) is 1. The van der Waals surface area contributed by atoms with Crippen LogP contribution in [-0.2, 0) is 13.0 Å². The SMILES string of the molecule is CCOc1cc(CNCCc2ccccc2F)cc(Cl)c1OCC.Cl. The number of nitrogens with one attached hydrogen (secondary N) is 1. The van der Waals surface area contributed by atoms with Crippen molar-refractivity contribution < 1.29 is 13.9 Å². The Kier molecular flexibility index (Phi) is 9.65. The molecule has 1 N–H and O–H groups in total. The highest BCUT2D eigenvalue weighted by atomic mass is 35.5. The molecule has 0 bridgehead atoms. The molecule has 0 saturated carbocycles. The summed E-state index contributed by atoms with van der Waals surface area (Å²) in [7, 11) is 0. The summed E-state index contributed by atoms with van der Waals surface area (Å²) in [6, 6.07) is 10.6. The quantitative estimate of drug-likeness (QED) is 0.611. The van der Waals surface area contributed by atoms with E-state index in [1.54, 1.807) is 12.1 Å². The van der Waals surface area contributed by atoms with Crippen LogP contribution in [0.15, 0.2) is 36.4 Å². The highest BCUT2D eigenvalue weighted by Gasteiger charge is 2.12. The molecule has 0 amide bonds. The maximum atomic E-state index is 13.6. The van der Waals surface area contributed by atoms with E-state index in [0.717, 1.165) is 5.56 Å². The second-order valence-corrected chi connectivity index (χ2v) is 5.70. The third-order valence-corrected chi connectivity index (χ3v) is 3.80. The van der Waals surface area contributed by atoms with E-state index in [2.05, 4.69) is 5.32 Å². The number of hydrogen-bond acceptors (Lipinski definition) is 3. The van der Waals surface area contributed by atoms with Crippen molar-refractivity contribution in [3.8, 4) is 11.5 Å². The van der Waals surface area contributed by atoms with Gasteiger partial charge in [-0.3, -0.25) is 0 Å². The predicted octanol–water partition coefficient (Wildman–Crippen LogP) is 5.03. The van der Waals surface area contributed by atoms with Crippen LogP contribution in [-0.4, -0.2) is 19.8 Å². The van der Waals surface area contributed by atoms with E-state index in [1.807, 2.05) is 32.0 Å². The minimum Gasteiger partial charge on any atom is -0.490 e. The zero-order valence-electron chi connectivity index (χ0n) is 14.5. The van der Waals surface area contributed by atoms with Gasteiger partial charge in [-0.25, -0.2) is 4.39 Å². The monoisotopic (exact) mass is 387 g/mol. The van der Waals surface area contributed by atoms with Gasteiger partial charge in [0.25, 0.3) is 0 Å². The van der Waals surface area contributed by atoms with Crippen molar-refractivity contribution in [3.05, 3.63) is 58.4 Å². The average Bonchev–Trinajstić information content (AvgIpc) is 2.56. The standard InChI is InChI=1S/C19H23ClFNO2.ClH/c1-3-23-18-12-14(11-16(20)19(18)24-4-2)13-22-10-9-15-7-5-6-8-17(15)21;/h5-8,11-12,22H,3-4,9-10,13H2,1-2H3;1H. The fraction of sp³-hybridized carbons (Fsp3) is 0.368. The van der Waals surface area contributed by atoms with Gasteiger partial charge in [0.1, 0.15) is 5.82 Å². The smallest absolute Gasteiger partial charge is 0.179 e. The van der Waals surface area contributed by atoms with Crippen LogP contribution in [0.3, 0.4) is 0 Å². The summed E-state index contributed by atoms with van der Waals surface area (Å²) in [5.41, 5.74) is 1.71. The molecular formula is C19H24Cl2FNO2. The molecule has 0 aliphatic rings. The molecule has 0 aliphatic heterocycles. The van der Waals surface area contributed by atoms with Crippen LogP contribution < -0.4 is 14.8 Å². The molecule has 0 unspecified atom stereocenters. The van der Waals surface area contributed by atoms with Gasteiger partial charge in [-0.1, -0.05) is 29.8 Å². The lowest BCUT2D eigenvalue weighted by Crippen LogP contribution is -2.17. The van der Waals surface area contributed by atoms with E-state index in [-0.39, 0.29) is 18.2 Å². The number of benzene rings is 2. The third kappa shape index (κ3) is 6.38. The summed E-state index contributed by atoms with van der Waals surface area (Å²) < 4.78 is 24.7. The molecule has 0 radical (unpaired) electrons. The molecule has 2 rings (SSSR count). The maximum absolute atomic E-state index is 13.6. The van der Waals surface area contributed by atoms with Crippen molar-refractivity contribution in [2.45, 2.75) is 26.8 Å². The number of ether oxygens (including phenoxy) is 2. The Labute approximate surface area is 159 Å². The first-order valence-electron chi connectivity index (χ1n) is 8.17. The van der Waals surface area contributed by atoms with Gasteiger partial charge in [-0.05, 0) is 56.1 Å². The van der Waals surface area contributed by atoms with Crippen molar-refractivity contribution >= 4 is 24.0 Å². The van der Waals surface area contributed by atoms with Crippen LogP contribution in [0, 0.1) is 5.82 Å². The van der Waals surface area contributed by atoms with Crippen molar-refractivity contribution in [2.24, 2.45) is 0 Å². The lowest BCUT2D eigenvalue weighted by molar-refractivity contribution is 0.287. The fourth-order valence-corrected chi connectivity index (χ4v) is 2.72. The molecule has 0 saturated heterocycles. The lowest BCUT2D eigenvalue weighted by Gasteiger charge is -2.14. The molecule has 0 fully saturated rings. The van der Waals surface area contributed by atoms with Gasteiger partial charge in [0.2, 0.25) is 0 Å². The Morgan fingerprint density at radius 2 is 1.80 bits per heavy atom. The summed E-state index contributed by atoms with van der Waals surface area (Å²) in [6.07, 6.45) is 0.635. The molecule has 0 aliphatic carbocycles. The lowest BCUT2D eigenvalue weighted by atomic mass is 10.1. The average molecular weight is 388 g/mol. The van der Waals surface area contributed by atoms with Crippen LogP contribution in [0.5, 0.6) is 11.5 Å². The van der Waals surface area contributed by atoms with Gasteiger partial charge in [0.15, 0.2) is 11.5 Å². The Morgan fingerprint density at radius 3 is 2.48 bits per heavy atom. The first-order valence-corrected chi connectivity index (χ1v) is 8.55. The molecule has 0 heterocycles. The first-order chi connectivity index (χ1) is 11.7. The Balaban J connectivity index is 0.00000312. The minimum atomic E-state index is -0.165. The zero-order chi connectivity index (χ0) is 17.4. The van der Waals surface area contributed by atoms with Crippen molar-refractivity contribution in [2.75, 3.05) is 19.8 Å². The second-order valence-electron chi connectivity index (χ2n) is 5.29. The summed E-state index contributed by atoms with van der Waals surface area (Å²) in [6.45, 7) is 6.20. The highest BCUT2D eigenvalue weighted by Crippen LogP contribution is 2.36. The molecule has 2 aromatic rings. The van der Waals surface area contributed by atoms with Crippen LogP contribution in [0.2, 0.25) is 5.02 Å². The zero-order valence-corrected chi connectivity index (χ0v) is 16.1. The van der Waals surface area contributed by atoms with Crippen LogP contribution in [0.25, 0.3) is 0 Å². The summed E-state index contributed by atoms with van der Waals surface area (Å²) in [4.78, 5) is 0. The molecule has 0 aromatic heterocycles. The first kappa shape index (κ1) is 21.6. The van der Waals surface area contributed by atoms with Gasteiger partial charge >= 0.3 is 0 Å². The van der Waals surface area contributed by atoms with E-state index < -0.39 is 0 Å². The summed E-state index contributed by atoms with van der Waals surface area (Å²) in [5.74, 6) is 1.07. The van der Waals surface area contributed by atoms with Gasteiger partial charge in [-0.15, -0.1) is 12.4 Å². The Hall–Kier alpha value is -1.49. The topological polar surface area (TPSA) is 30.5 Å². The molecule has 0 spiro atoms. The second kappa shape index (κ2) is 11.2. The van der Waals surface area contributed by atoms with E-state index >= 15 is 0 Å². The van der Waals surface area contributed by atoms with Gasteiger partial charge in [0, 0.05) is 6.54 Å². The Bertz CT molecular complexity index is 668. The molecule has 3 nitrogen and oxygen atoms in total. The van der Waals surface area contributed by atoms with Gasteiger partial charge in [-0.2, -0.15) is 0 Å². The third-order valence-electron chi connectivity index (χ3n) is 3.52. The van der Waals surface area contributed by atoms with E-state index in [4.69, 9.17) is 21.1 Å². The van der Waals surface area contributed by atoms with Gasteiger partial charge in [0.05, 0.1) is 18.2 Å². The van der Waals surface area contributed by atoms with Crippen LogP contribution in [0.4, 0.5) is 4.39 Å². The molecule has 2 aromatic carbocycles. The largest absolute Gasteiger partial charge is 0.490 e. The maximum Gasteiger partial charge on any atom is 0.179 e. The van der Waals surface area contributed by atoms with Crippen LogP contribution in [0.1, 0.15) is 25.0 Å². The van der Waals surface area contributed by atoms with Gasteiger partial charge < -0.3 is 14.8 Å². The minimum absolute atomic E-state index is 0. The number of halogens is 3. The van der Waals surface area contributed by atoms with Crippen LogP contribution >= 0.6 is 24.0 Å². The van der Waals surface area contributed by atoms with E-state index in [1.165, 1.54) is 6.07 Å².